The van der Waals surface area contributed by atoms with Gasteiger partial charge in [0.2, 0.25) is 0 Å². The molecule has 2 aromatic rings. The van der Waals surface area contributed by atoms with Gasteiger partial charge in [0, 0.05) is 39.0 Å². The third-order valence-electron chi connectivity index (χ3n) is 5.23. The molecule has 6 nitrogen and oxygen atoms in total. The van der Waals surface area contributed by atoms with Crippen molar-refractivity contribution in [1.29, 1.82) is 5.26 Å². The van der Waals surface area contributed by atoms with Gasteiger partial charge in [-0.05, 0) is 46.8 Å². The lowest BCUT2D eigenvalue weighted by atomic mass is 9.95. The van der Waals surface area contributed by atoms with Gasteiger partial charge in [0.15, 0.2) is 5.67 Å². The van der Waals surface area contributed by atoms with E-state index in [1.165, 1.54) is 12.8 Å². The fraction of sp³-hybridized carbons (Fsp3) is 0.611. The summed E-state index contributed by atoms with van der Waals surface area (Å²) in [5.74, 6) is 1.48. The minimum Gasteiger partial charge on any atom is -0.491 e. The lowest BCUT2D eigenvalue weighted by molar-refractivity contribution is 0.0922. The Hall–Kier alpha value is -1.72. The molecule has 1 aromatic heterocycles. The molecule has 0 spiro atoms. The van der Waals surface area contributed by atoms with Crippen LogP contribution in [-0.4, -0.2) is 51.8 Å². The zero-order chi connectivity index (χ0) is 18.1. The van der Waals surface area contributed by atoms with Gasteiger partial charge in [0.05, 0.1) is 9.99 Å². The molecule has 26 heavy (non-hydrogen) atoms. The second kappa shape index (κ2) is 7.12. The smallest absolute Gasteiger partial charge is 0.198 e. The molecule has 4 rings (SSSR count). The van der Waals surface area contributed by atoms with E-state index in [2.05, 4.69) is 31.1 Å². The first kappa shape index (κ1) is 17.7. The summed E-state index contributed by atoms with van der Waals surface area (Å²) in [5, 5.41) is 17.4. The number of fused-ring (bicyclic) bond motifs is 1. The second-order valence-corrected chi connectivity index (χ2v) is 8.02. The summed E-state index contributed by atoms with van der Waals surface area (Å²) in [6, 6.07) is 5.72. The number of halogens is 2. The van der Waals surface area contributed by atoms with E-state index in [1.807, 2.05) is 16.8 Å². The predicted molar refractivity (Wildman–Crippen MR) is 98.6 cm³/mol. The number of benzene rings is 1. The summed E-state index contributed by atoms with van der Waals surface area (Å²) in [4.78, 5) is 2.13. The average Bonchev–Trinajstić information content (AvgIpc) is 3.37. The molecule has 1 saturated carbocycles. The molecule has 0 amide bonds. The maximum atomic E-state index is 13.9. The Labute approximate surface area is 160 Å². The van der Waals surface area contributed by atoms with Gasteiger partial charge in [-0.25, -0.2) is 9.07 Å². The maximum absolute atomic E-state index is 13.9. The molecule has 2 fully saturated rings. The van der Waals surface area contributed by atoms with Crippen LogP contribution in [0.1, 0.15) is 25.7 Å². The standard InChI is InChI=1S/C18H21BrFN5O/c19-16-15(26-10-9-24-7-5-18(20,12-21)6-8-24)4-3-14-17(16)22-23-25(14)11-13-1-2-13/h3-4,13H,1-2,5-11H2. The summed E-state index contributed by atoms with van der Waals surface area (Å²) in [6.45, 7) is 3.32. The highest BCUT2D eigenvalue weighted by Crippen LogP contribution is 2.35. The number of hydrogen-bond acceptors (Lipinski definition) is 5. The number of hydrogen-bond donors (Lipinski definition) is 0. The fourth-order valence-corrected chi connectivity index (χ4v) is 3.83. The van der Waals surface area contributed by atoms with Crippen LogP contribution in [0.2, 0.25) is 0 Å². The van der Waals surface area contributed by atoms with Gasteiger partial charge >= 0.3 is 0 Å². The Kier molecular flexibility index (Phi) is 4.84. The lowest BCUT2D eigenvalue weighted by Gasteiger charge is -2.32. The number of aromatic nitrogens is 3. The van der Waals surface area contributed by atoms with Crippen LogP contribution in [0.5, 0.6) is 5.75 Å². The van der Waals surface area contributed by atoms with E-state index in [4.69, 9.17) is 10.00 Å². The molecule has 1 aromatic carbocycles. The first-order valence-corrected chi connectivity index (χ1v) is 9.84. The van der Waals surface area contributed by atoms with Gasteiger partial charge in [-0.3, -0.25) is 4.90 Å². The lowest BCUT2D eigenvalue weighted by Crippen LogP contribution is -2.42. The number of alkyl halides is 1. The number of likely N-dealkylation sites (tertiary alicyclic amines) is 1. The van der Waals surface area contributed by atoms with Crippen molar-refractivity contribution in [3.8, 4) is 11.8 Å². The van der Waals surface area contributed by atoms with Crippen molar-refractivity contribution >= 4 is 27.0 Å². The van der Waals surface area contributed by atoms with E-state index in [0.29, 0.717) is 26.2 Å². The van der Waals surface area contributed by atoms with Gasteiger partial charge in [0.1, 0.15) is 23.9 Å². The molecular formula is C18H21BrFN5O. The van der Waals surface area contributed by atoms with Crippen LogP contribution in [0.15, 0.2) is 16.6 Å². The molecule has 0 radical (unpaired) electrons. The Balaban J connectivity index is 1.34. The highest BCUT2D eigenvalue weighted by molar-refractivity contribution is 9.10. The van der Waals surface area contributed by atoms with Crippen molar-refractivity contribution in [3.05, 3.63) is 16.6 Å². The molecule has 1 aliphatic carbocycles. The van der Waals surface area contributed by atoms with Gasteiger partial charge in [-0.2, -0.15) is 5.26 Å². The molecule has 0 bridgehead atoms. The molecule has 138 valence electrons. The minimum absolute atomic E-state index is 0.267. The normalized spacial score (nSPS) is 20.2. The van der Waals surface area contributed by atoms with E-state index in [1.54, 1.807) is 6.07 Å². The first-order valence-electron chi connectivity index (χ1n) is 9.05. The van der Waals surface area contributed by atoms with E-state index in [9.17, 15) is 4.39 Å². The molecule has 2 heterocycles. The zero-order valence-electron chi connectivity index (χ0n) is 14.5. The van der Waals surface area contributed by atoms with Gasteiger partial charge in [0.25, 0.3) is 0 Å². The third kappa shape index (κ3) is 3.69. The van der Waals surface area contributed by atoms with E-state index in [-0.39, 0.29) is 12.8 Å². The number of ether oxygens (including phenoxy) is 1. The summed E-state index contributed by atoms with van der Waals surface area (Å²) in [7, 11) is 0. The van der Waals surface area contributed by atoms with Crippen molar-refractivity contribution < 1.29 is 9.13 Å². The third-order valence-corrected chi connectivity index (χ3v) is 6.00. The van der Waals surface area contributed by atoms with Crippen LogP contribution in [0.25, 0.3) is 11.0 Å². The van der Waals surface area contributed by atoms with Crippen LogP contribution in [0.3, 0.4) is 0 Å². The summed E-state index contributed by atoms with van der Waals surface area (Å²) in [6.07, 6.45) is 3.09. The highest BCUT2D eigenvalue weighted by atomic mass is 79.9. The average molecular weight is 422 g/mol. The van der Waals surface area contributed by atoms with Crippen LogP contribution in [0, 0.1) is 17.2 Å². The van der Waals surface area contributed by atoms with E-state index >= 15 is 0 Å². The Morgan fingerprint density at radius 3 is 2.81 bits per heavy atom. The zero-order valence-corrected chi connectivity index (χ0v) is 16.1. The molecule has 0 N–H and O–H groups in total. The molecular weight excluding hydrogens is 401 g/mol. The maximum Gasteiger partial charge on any atom is 0.198 e. The SMILES string of the molecule is N#CC1(F)CCN(CCOc2ccc3c(nnn3CC3CC3)c2Br)CC1. The number of rotatable bonds is 6. The van der Waals surface area contributed by atoms with Crippen LogP contribution < -0.4 is 4.74 Å². The van der Waals surface area contributed by atoms with Crippen molar-refractivity contribution in [2.75, 3.05) is 26.2 Å². The predicted octanol–water partition coefficient (Wildman–Crippen LogP) is 3.31. The quantitative estimate of drug-likeness (QED) is 0.715. The molecule has 1 aliphatic heterocycles. The first-order chi connectivity index (χ1) is 12.6. The van der Waals surface area contributed by atoms with Crippen molar-refractivity contribution in [3.63, 3.8) is 0 Å². The van der Waals surface area contributed by atoms with Crippen LogP contribution in [-0.2, 0) is 6.54 Å². The van der Waals surface area contributed by atoms with Gasteiger partial charge < -0.3 is 4.74 Å². The minimum atomic E-state index is -1.66. The number of piperidine rings is 1. The second-order valence-electron chi connectivity index (χ2n) is 7.23. The van der Waals surface area contributed by atoms with Crippen molar-refractivity contribution in [2.24, 2.45) is 5.92 Å². The van der Waals surface area contributed by atoms with Crippen molar-refractivity contribution in [2.45, 2.75) is 37.9 Å². The van der Waals surface area contributed by atoms with Gasteiger partial charge in [-0.1, -0.05) is 5.21 Å². The monoisotopic (exact) mass is 421 g/mol. The largest absolute Gasteiger partial charge is 0.491 e. The van der Waals surface area contributed by atoms with Gasteiger partial charge in [-0.15, -0.1) is 5.10 Å². The topological polar surface area (TPSA) is 67.0 Å². The van der Waals surface area contributed by atoms with E-state index < -0.39 is 5.67 Å². The summed E-state index contributed by atoms with van der Waals surface area (Å²) >= 11 is 3.59. The van der Waals surface area contributed by atoms with Crippen LogP contribution in [0.4, 0.5) is 4.39 Å². The fourth-order valence-electron chi connectivity index (χ4n) is 3.31. The molecule has 0 unspecified atom stereocenters. The summed E-state index contributed by atoms with van der Waals surface area (Å²) < 4.78 is 22.6. The number of nitrogens with zero attached hydrogens (tertiary/aromatic N) is 5. The summed E-state index contributed by atoms with van der Waals surface area (Å²) in [5.41, 5.74) is 0.179. The molecule has 0 atom stereocenters. The molecule has 2 aliphatic rings. The molecule has 8 heteroatoms. The Morgan fingerprint density at radius 1 is 1.35 bits per heavy atom. The highest BCUT2D eigenvalue weighted by Gasteiger charge is 2.34. The van der Waals surface area contributed by atoms with Crippen LogP contribution >= 0.6 is 15.9 Å². The molecule has 1 saturated heterocycles. The number of nitriles is 1. The van der Waals surface area contributed by atoms with E-state index in [0.717, 1.165) is 33.7 Å². The van der Waals surface area contributed by atoms with Crippen molar-refractivity contribution in [1.82, 2.24) is 19.9 Å². The Bertz CT molecular complexity index is 836. The Morgan fingerprint density at radius 2 is 2.12 bits per heavy atom.